The van der Waals surface area contributed by atoms with E-state index in [1.165, 1.54) is 75.3 Å². The van der Waals surface area contributed by atoms with Crippen molar-refractivity contribution in [3.63, 3.8) is 0 Å². The summed E-state index contributed by atoms with van der Waals surface area (Å²) < 4.78 is 5.78. The van der Waals surface area contributed by atoms with Gasteiger partial charge < -0.3 is 4.74 Å². The summed E-state index contributed by atoms with van der Waals surface area (Å²) in [6.45, 7) is 4.57. The molecule has 0 heterocycles. The van der Waals surface area contributed by atoms with Crippen LogP contribution in [-0.4, -0.2) is 12.1 Å². The highest BCUT2D eigenvalue weighted by molar-refractivity contribution is 5.89. The summed E-state index contributed by atoms with van der Waals surface area (Å²) in [5.41, 5.74) is 3.59. The second-order valence-electron chi connectivity index (χ2n) is 9.08. The van der Waals surface area contributed by atoms with Crippen molar-refractivity contribution < 1.29 is 9.53 Å². The van der Waals surface area contributed by atoms with E-state index in [0.29, 0.717) is 0 Å². The molecule has 27 heavy (non-hydrogen) atoms. The standard InChI is InChI=1S/C25H38O2/c1-3-4-5-6-7-8-20-11-12-22-18-23(14-13-21(22)17-20)25(26)27-24-15-9-19(2)10-16-24/h13-14,18-20,24H,3-12,15-17H2,1-2H3. The fourth-order valence-corrected chi connectivity index (χ4v) is 4.81. The number of esters is 1. The van der Waals surface area contributed by atoms with Gasteiger partial charge in [0.1, 0.15) is 6.10 Å². The number of rotatable bonds is 8. The molecule has 0 radical (unpaired) electrons. The van der Waals surface area contributed by atoms with E-state index in [1.807, 2.05) is 6.07 Å². The normalized spacial score (nSPS) is 25.0. The number of fused-ring (bicyclic) bond motifs is 1. The van der Waals surface area contributed by atoms with Crippen LogP contribution in [0.1, 0.15) is 106 Å². The van der Waals surface area contributed by atoms with Crippen LogP contribution in [0.2, 0.25) is 0 Å². The summed E-state index contributed by atoms with van der Waals surface area (Å²) in [6, 6.07) is 6.30. The van der Waals surface area contributed by atoms with E-state index < -0.39 is 0 Å². The molecule has 2 nitrogen and oxygen atoms in total. The summed E-state index contributed by atoms with van der Waals surface area (Å²) in [6.07, 6.45) is 16.4. The maximum Gasteiger partial charge on any atom is 0.338 e. The van der Waals surface area contributed by atoms with Gasteiger partial charge >= 0.3 is 5.97 Å². The van der Waals surface area contributed by atoms with Crippen LogP contribution in [0.25, 0.3) is 0 Å². The Bertz CT molecular complexity index is 598. The second-order valence-corrected chi connectivity index (χ2v) is 9.08. The molecule has 1 aromatic rings. The highest BCUT2D eigenvalue weighted by Crippen LogP contribution is 2.31. The summed E-state index contributed by atoms with van der Waals surface area (Å²) in [4.78, 5) is 12.5. The van der Waals surface area contributed by atoms with E-state index in [4.69, 9.17) is 4.74 Å². The molecule has 3 rings (SSSR count). The Balaban J connectivity index is 1.48. The van der Waals surface area contributed by atoms with Gasteiger partial charge in [0.15, 0.2) is 0 Å². The Morgan fingerprint density at radius 3 is 2.56 bits per heavy atom. The molecule has 0 N–H and O–H groups in total. The van der Waals surface area contributed by atoms with Crippen LogP contribution in [0, 0.1) is 11.8 Å². The number of hydrogen-bond donors (Lipinski definition) is 0. The van der Waals surface area contributed by atoms with Gasteiger partial charge in [0.05, 0.1) is 5.56 Å². The summed E-state index contributed by atoms with van der Waals surface area (Å²) >= 11 is 0. The van der Waals surface area contributed by atoms with Gasteiger partial charge in [-0.2, -0.15) is 0 Å². The molecule has 0 aromatic heterocycles. The highest BCUT2D eigenvalue weighted by atomic mass is 16.5. The summed E-state index contributed by atoms with van der Waals surface area (Å²) in [7, 11) is 0. The minimum atomic E-state index is -0.115. The molecule has 2 heteroatoms. The lowest BCUT2D eigenvalue weighted by molar-refractivity contribution is 0.0173. The maximum absolute atomic E-state index is 12.5. The van der Waals surface area contributed by atoms with Crippen LogP contribution < -0.4 is 0 Å². The first-order valence-electron chi connectivity index (χ1n) is 11.5. The summed E-state index contributed by atoms with van der Waals surface area (Å²) in [5.74, 6) is 1.50. The topological polar surface area (TPSA) is 26.3 Å². The molecular formula is C25H38O2. The van der Waals surface area contributed by atoms with Crippen molar-refractivity contribution in [1.29, 1.82) is 0 Å². The second kappa shape index (κ2) is 10.3. The summed E-state index contributed by atoms with van der Waals surface area (Å²) in [5, 5.41) is 0. The van der Waals surface area contributed by atoms with Gasteiger partial charge in [-0.05, 0) is 80.0 Å². The van der Waals surface area contributed by atoms with Gasteiger partial charge in [-0.15, -0.1) is 0 Å². The van der Waals surface area contributed by atoms with Crippen molar-refractivity contribution in [2.75, 3.05) is 0 Å². The molecule has 2 aliphatic carbocycles. The van der Waals surface area contributed by atoms with Gasteiger partial charge in [-0.25, -0.2) is 4.79 Å². The Morgan fingerprint density at radius 1 is 1.00 bits per heavy atom. The lowest BCUT2D eigenvalue weighted by Gasteiger charge is -2.27. The SMILES string of the molecule is CCCCCCCC1CCc2cc(C(=O)OC3CCC(C)CC3)ccc2C1. The van der Waals surface area contributed by atoms with Crippen LogP contribution in [0.4, 0.5) is 0 Å². The molecule has 0 aliphatic heterocycles. The van der Waals surface area contributed by atoms with Crippen molar-refractivity contribution in [3.8, 4) is 0 Å². The number of benzene rings is 1. The van der Waals surface area contributed by atoms with Crippen LogP contribution >= 0.6 is 0 Å². The molecule has 1 unspecified atom stereocenters. The van der Waals surface area contributed by atoms with Crippen molar-refractivity contribution in [3.05, 3.63) is 34.9 Å². The molecule has 1 fully saturated rings. The quantitative estimate of drug-likeness (QED) is 0.368. The van der Waals surface area contributed by atoms with Crippen LogP contribution in [0.5, 0.6) is 0 Å². The predicted molar refractivity (Wildman–Crippen MR) is 112 cm³/mol. The number of hydrogen-bond acceptors (Lipinski definition) is 2. The van der Waals surface area contributed by atoms with E-state index in [2.05, 4.69) is 26.0 Å². The Labute approximate surface area is 166 Å². The zero-order chi connectivity index (χ0) is 19.1. The molecule has 1 saturated carbocycles. The molecule has 2 aliphatic rings. The molecular weight excluding hydrogens is 332 g/mol. The van der Waals surface area contributed by atoms with Crippen LogP contribution in [-0.2, 0) is 17.6 Å². The predicted octanol–water partition coefficient (Wildman–Crippen LogP) is 6.89. The smallest absolute Gasteiger partial charge is 0.338 e. The van der Waals surface area contributed by atoms with Crippen molar-refractivity contribution >= 4 is 5.97 Å². The third-order valence-corrected chi connectivity index (χ3v) is 6.72. The minimum Gasteiger partial charge on any atom is -0.459 e. The zero-order valence-electron chi connectivity index (χ0n) is 17.5. The Kier molecular flexibility index (Phi) is 7.79. The first-order valence-corrected chi connectivity index (χ1v) is 11.5. The van der Waals surface area contributed by atoms with Crippen molar-refractivity contribution in [2.45, 2.75) is 103 Å². The lowest BCUT2D eigenvalue weighted by Crippen LogP contribution is -2.24. The maximum atomic E-state index is 12.5. The highest BCUT2D eigenvalue weighted by Gasteiger charge is 2.24. The largest absolute Gasteiger partial charge is 0.459 e. The van der Waals surface area contributed by atoms with Crippen molar-refractivity contribution in [1.82, 2.24) is 0 Å². The van der Waals surface area contributed by atoms with E-state index in [1.54, 1.807) is 0 Å². The third kappa shape index (κ3) is 6.09. The monoisotopic (exact) mass is 370 g/mol. The Hall–Kier alpha value is -1.31. The number of aryl methyl sites for hydroxylation is 1. The van der Waals surface area contributed by atoms with E-state index >= 15 is 0 Å². The molecule has 1 aromatic carbocycles. The first-order chi connectivity index (χ1) is 13.2. The lowest BCUT2D eigenvalue weighted by atomic mass is 9.81. The third-order valence-electron chi connectivity index (χ3n) is 6.72. The molecule has 0 saturated heterocycles. The fourth-order valence-electron chi connectivity index (χ4n) is 4.81. The van der Waals surface area contributed by atoms with E-state index in [-0.39, 0.29) is 12.1 Å². The van der Waals surface area contributed by atoms with E-state index in [0.717, 1.165) is 36.7 Å². The minimum absolute atomic E-state index is 0.115. The van der Waals surface area contributed by atoms with Crippen molar-refractivity contribution in [2.24, 2.45) is 11.8 Å². The Morgan fingerprint density at radius 2 is 1.78 bits per heavy atom. The first kappa shape index (κ1) is 20.4. The number of unbranched alkanes of at least 4 members (excludes halogenated alkanes) is 4. The average Bonchev–Trinajstić information content (AvgIpc) is 2.69. The van der Waals surface area contributed by atoms with Gasteiger partial charge in [0, 0.05) is 0 Å². The van der Waals surface area contributed by atoms with E-state index in [9.17, 15) is 4.79 Å². The molecule has 150 valence electrons. The van der Waals surface area contributed by atoms with Gasteiger partial charge in [0.25, 0.3) is 0 Å². The van der Waals surface area contributed by atoms with Gasteiger partial charge in [-0.1, -0.05) is 58.4 Å². The van der Waals surface area contributed by atoms with Gasteiger partial charge in [-0.3, -0.25) is 0 Å². The fraction of sp³-hybridized carbons (Fsp3) is 0.720. The number of ether oxygens (including phenoxy) is 1. The molecule has 0 spiro atoms. The van der Waals surface area contributed by atoms with Gasteiger partial charge in [0.2, 0.25) is 0 Å². The molecule has 0 amide bonds. The van der Waals surface area contributed by atoms with Crippen LogP contribution in [0.3, 0.4) is 0 Å². The number of carbonyl (C=O) groups is 1. The number of carbonyl (C=O) groups excluding carboxylic acids is 1. The zero-order valence-corrected chi connectivity index (χ0v) is 17.5. The molecule has 1 atom stereocenters. The molecule has 0 bridgehead atoms. The average molecular weight is 371 g/mol. The van der Waals surface area contributed by atoms with Crippen LogP contribution in [0.15, 0.2) is 18.2 Å².